The Morgan fingerprint density at radius 3 is 2.71 bits per heavy atom. The van der Waals surface area contributed by atoms with Gasteiger partial charge in [0.05, 0.1) is 0 Å². The molecule has 1 fully saturated rings. The molecule has 0 bridgehead atoms. The summed E-state index contributed by atoms with van der Waals surface area (Å²) in [6.07, 6.45) is 2.23. The first-order valence-electron chi connectivity index (χ1n) is 8.04. The summed E-state index contributed by atoms with van der Waals surface area (Å²) in [6.45, 7) is 2.15. The van der Waals surface area contributed by atoms with Gasteiger partial charge in [0, 0.05) is 18.7 Å². The molecule has 4 N–H and O–H groups in total. The van der Waals surface area contributed by atoms with Crippen molar-refractivity contribution in [1.29, 1.82) is 0 Å². The molecular weight excluding hydrogens is 306 g/mol. The van der Waals surface area contributed by atoms with Crippen LogP contribution in [-0.2, 0) is 6.42 Å². The number of aromatic amines is 1. The molecule has 2 aromatic rings. The van der Waals surface area contributed by atoms with E-state index in [1.807, 2.05) is 24.3 Å². The summed E-state index contributed by atoms with van der Waals surface area (Å²) in [5.74, 6) is 0.462. The fourth-order valence-corrected chi connectivity index (χ4v) is 2.84. The van der Waals surface area contributed by atoms with Crippen molar-refractivity contribution in [1.82, 2.24) is 20.8 Å². The van der Waals surface area contributed by atoms with Crippen molar-refractivity contribution in [3.8, 4) is 0 Å². The Hall–Kier alpha value is -2.67. The van der Waals surface area contributed by atoms with Crippen molar-refractivity contribution >= 4 is 17.6 Å². The molecule has 1 aliphatic heterocycles. The number of anilines is 1. The highest BCUT2D eigenvalue weighted by Gasteiger charge is 2.15. The van der Waals surface area contributed by atoms with Crippen LogP contribution in [0.1, 0.15) is 32.8 Å². The van der Waals surface area contributed by atoms with E-state index in [1.165, 1.54) is 25.1 Å². The maximum Gasteiger partial charge on any atom is 0.269 e. The summed E-state index contributed by atoms with van der Waals surface area (Å²) in [4.78, 5) is 23.7. The molecule has 7 heteroatoms. The van der Waals surface area contributed by atoms with Gasteiger partial charge in [0.1, 0.15) is 5.69 Å². The van der Waals surface area contributed by atoms with Crippen LogP contribution in [0.4, 0.5) is 5.82 Å². The normalized spacial score (nSPS) is 16.8. The van der Waals surface area contributed by atoms with Gasteiger partial charge in [-0.25, -0.2) is 0 Å². The van der Waals surface area contributed by atoms with Crippen molar-refractivity contribution in [2.75, 3.05) is 25.5 Å². The van der Waals surface area contributed by atoms with Crippen molar-refractivity contribution < 1.29 is 9.59 Å². The molecule has 126 valence electrons. The van der Waals surface area contributed by atoms with Gasteiger partial charge >= 0.3 is 0 Å². The molecule has 1 aliphatic rings. The van der Waals surface area contributed by atoms with Crippen LogP contribution >= 0.6 is 0 Å². The fraction of sp³-hybridized carbons (Fsp3) is 0.353. The first-order chi connectivity index (χ1) is 11.7. The van der Waals surface area contributed by atoms with E-state index < -0.39 is 0 Å². The standard InChI is InChI=1S/C17H21N5O2/c1-18-17(24)14-9-15(22-21-14)20-16(23)13-4-2-11(3-5-13)8-12-6-7-19-10-12/h2-5,9,12,19H,6-8,10H2,1H3,(H,18,24)(H2,20,21,22,23). The number of nitrogens with one attached hydrogen (secondary N) is 4. The summed E-state index contributed by atoms with van der Waals surface area (Å²) in [7, 11) is 1.53. The topological polar surface area (TPSA) is 98.9 Å². The molecule has 0 spiro atoms. The van der Waals surface area contributed by atoms with E-state index in [0.29, 0.717) is 23.0 Å². The molecule has 7 nitrogen and oxygen atoms in total. The van der Waals surface area contributed by atoms with Crippen molar-refractivity contribution in [3.05, 3.63) is 47.2 Å². The number of H-pyrrole nitrogens is 1. The zero-order chi connectivity index (χ0) is 16.9. The smallest absolute Gasteiger partial charge is 0.269 e. The van der Waals surface area contributed by atoms with Gasteiger partial charge < -0.3 is 16.0 Å². The first kappa shape index (κ1) is 16.2. The average Bonchev–Trinajstić information content (AvgIpc) is 3.27. The van der Waals surface area contributed by atoms with Crippen LogP contribution < -0.4 is 16.0 Å². The van der Waals surface area contributed by atoms with E-state index >= 15 is 0 Å². The van der Waals surface area contributed by atoms with Crippen LogP contribution in [0, 0.1) is 5.92 Å². The number of carbonyl (C=O) groups is 2. The van der Waals surface area contributed by atoms with Gasteiger partial charge in [-0.05, 0) is 49.5 Å². The minimum atomic E-state index is -0.284. The second-order valence-electron chi connectivity index (χ2n) is 5.96. The number of hydrogen-bond donors (Lipinski definition) is 4. The van der Waals surface area contributed by atoms with Gasteiger partial charge in [-0.2, -0.15) is 5.10 Å². The number of nitrogens with zero attached hydrogens (tertiary/aromatic N) is 1. The maximum atomic E-state index is 12.2. The summed E-state index contributed by atoms with van der Waals surface area (Å²) >= 11 is 0. The van der Waals surface area contributed by atoms with Crippen molar-refractivity contribution in [2.45, 2.75) is 12.8 Å². The SMILES string of the molecule is CNC(=O)c1cc(NC(=O)c2ccc(CC3CCNC3)cc2)n[nH]1. The molecule has 1 aromatic carbocycles. The highest BCUT2D eigenvalue weighted by atomic mass is 16.2. The number of benzene rings is 1. The Morgan fingerprint density at radius 1 is 1.25 bits per heavy atom. The quantitative estimate of drug-likeness (QED) is 0.662. The molecule has 1 atom stereocenters. The molecule has 24 heavy (non-hydrogen) atoms. The zero-order valence-electron chi connectivity index (χ0n) is 13.6. The minimum Gasteiger partial charge on any atom is -0.354 e. The molecule has 3 rings (SSSR count). The Labute approximate surface area is 140 Å². The minimum absolute atomic E-state index is 0.251. The van der Waals surface area contributed by atoms with Gasteiger partial charge in [-0.3, -0.25) is 14.7 Å². The number of rotatable bonds is 5. The molecule has 1 saturated heterocycles. The third-order valence-corrected chi connectivity index (χ3v) is 4.19. The lowest BCUT2D eigenvalue weighted by Gasteiger charge is -2.09. The lowest BCUT2D eigenvalue weighted by Crippen LogP contribution is -2.18. The second-order valence-corrected chi connectivity index (χ2v) is 5.96. The third kappa shape index (κ3) is 3.80. The molecule has 2 amide bonds. The van der Waals surface area contributed by atoms with Crippen LogP contribution in [0.2, 0.25) is 0 Å². The number of amides is 2. The Kier molecular flexibility index (Phi) is 4.90. The lowest BCUT2D eigenvalue weighted by atomic mass is 9.98. The average molecular weight is 327 g/mol. The van der Waals surface area contributed by atoms with E-state index in [-0.39, 0.29) is 11.8 Å². The molecule has 0 radical (unpaired) electrons. The van der Waals surface area contributed by atoms with Crippen LogP contribution in [-0.4, -0.2) is 42.1 Å². The highest BCUT2D eigenvalue weighted by molar-refractivity contribution is 6.04. The monoisotopic (exact) mass is 327 g/mol. The van der Waals surface area contributed by atoms with Gasteiger partial charge in [0.15, 0.2) is 5.82 Å². The van der Waals surface area contributed by atoms with E-state index in [9.17, 15) is 9.59 Å². The van der Waals surface area contributed by atoms with Crippen molar-refractivity contribution in [3.63, 3.8) is 0 Å². The van der Waals surface area contributed by atoms with Crippen molar-refractivity contribution in [2.24, 2.45) is 5.92 Å². The van der Waals surface area contributed by atoms with Crippen LogP contribution in [0.5, 0.6) is 0 Å². The summed E-state index contributed by atoms with van der Waals surface area (Å²) < 4.78 is 0. The third-order valence-electron chi connectivity index (χ3n) is 4.19. The maximum absolute atomic E-state index is 12.2. The number of carbonyl (C=O) groups excluding carboxylic acids is 2. The summed E-state index contributed by atoms with van der Waals surface area (Å²) in [6, 6.07) is 9.12. The lowest BCUT2D eigenvalue weighted by molar-refractivity contribution is 0.0957. The van der Waals surface area contributed by atoms with Crippen LogP contribution in [0.3, 0.4) is 0 Å². The van der Waals surface area contributed by atoms with Gasteiger partial charge in [-0.15, -0.1) is 0 Å². The zero-order valence-corrected chi connectivity index (χ0v) is 13.6. The van der Waals surface area contributed by atoms with Gasteiger partial charge in [-0.1, -0.05) is 12.1 Å². The van der Waals surface area contributed by atoms with E-state index in [4.69, 9.17) is 0 Å². The Bertz CT molecular complexity index is 717. The molecule has 0 aliphatic carbocycles. The summed E-state index contributed by atoms with van der Waals surface area (Å²) in [5.41, 5.74) is 2.10. The highest BCUT2D eigenvalue weighted by Crippen LogP contribution is 2.16. The molecule has 0 saturated carbocycles. The van der Waals surface area contributed by atoms with Gasteiger partial charge in [0.2, 0.25) is 0 Å². The van der Waals surface area contributed by atoms with Crippen LogP contribution in [0.25, 0.3) is 0 Å². The molecule has 2 heterocycles. The fourth-order valence-electron chi connectivity index (χ4n) is 2.84. The summed E-state index contributed by atoms with van der Waals surface area (Å²) in [5, 5.41) is 15.0. The second kappa shape index (κ2) is 7.27. The Morgan fingerprint density at radius 2 is 2.04 bits per heavy atom. The first-order valence-corrected chi connectivity index (χ1v) is 8.04. The molecular formula is C17H21N5O2. The Balaban J connectivity index is 1.60. The predicted molar refractivity (Wildman–Crippen MR) is 91.1 cm³/mol. The number of hydrogen-bond acceptors (Lipinski definition) is 4. The largest absolute Gasteiger partial charge is 0.354 e. The van der Waals surface area contributed by atoms with E-state index in [2.05, 4.69) is 26.1 Å². The molecule has 1 aromatic heterocycles. The van der Waals surface area contributed by atoms with E-state index in [0.717, 1.165) is 19.5 Å². The number of aromatic nitrogens is 2. The van der Waals surface area contributed by atoms with Gasteiger partial charge in [0.25, 0.3) is 11.8 Å². The molecule has 1 unspecified atom stereocenters. The predicted octanol–water partition coefficient (Wildman–Crippen LogP) is 1.17. The van der Waals surface area contributed by atoms with Crippen LogP contribution in [0.15, 0.2) is 30.3 Å². The van der Waals surface area contributed by atoms with E-state index in [1.54, 1.807) is 0 Å².